The van der Waals surface area contributed by atoms with Gasteiger partial charge in [-0.1, -0.05) is 42.0 Å². The van der Waals surface area contributed by atoms with Gasteiger partial charge in [0, 0.05) is 11.3 Å². The third-order valence-corrected chi connectivity index (χ3v) is 6.10. The van der Waals surface area contributed by atoms with Crippen molar-refractivity contribution in [3.63, 3.8) is 0 Å². The second-order valence-electron chi connectivity index (χ2n) is 7.05. The third kappa shape index (κ3) is 5.03. The van der Waals surface area contributed by atoms with Crippen molar-refractivity contribution in [1.82, 2.24) is 5.32 Å². The summed E-state index contributed by atoms with van der Waals surface area (Å²) >= 11 is 0. The molecule has 0 aliphatic rings. The van der Waals surface area contributed by atoms with Gasteiger partial charge in [-0.15, -0.1) is 0 Å². The van der Waals surface area contributed by atoms with Gasteiger partial charge in [0.25, 0.3) is 15.9 Å². The molecule has 0 aliphatic carbocycles. The van der Waals surface area contributed by atoms with E-state index in [1.807, 2.05) is 32.9 Å². The smallest absolute Gasteiger partial charge is 0.261 e. The average Bonchev–Trinajstić information content (AvgIpc) is 2.70. The van der Waals surface area contributed by atoms with Crippen LogP contribution >= 0.6 is 0 Å². The van der Waals surface area contributed by atoms with E-state index >= 15 is 0 Å². The lowest BCUT2D eigenvalue weighted by molar-refractivity contribution is 0.0940. The molecule has 1 amide bonds. The quantitative estimate of drug-likeness (QED) is 0.626. The second-order valence-corrected chi connectivity index (χ2v) is 8.73. The molecule has 6 heteroatoms. The number of hydrogen-bond donors (Lipinski definition) is 2. The van der Waals surface area contributed by atoms with Gasteiger partial charge in [-0.3, -0.25) is 9.52 Å². The minimum atomic E-state index is -3.66. The van der Waals surface area contributed by atoms with Crippen LogP contribution in [0.25, 0.3) is 0 Å². The van der Waals surface area contributed by atoms with E-state index < -0.39 is 10.0 Å². The van der Waals surface area contributed by atoms with Gasteiger partial charge in [0.1, 0.15) is 0 Å². The predicted octanol–water partition coefficient (Wildman–Crippen LogP) is 4.60. The highest BCUT2D eigenvalue weighted by molar-refractivity contribution is 7.92. The molecule has 150 valence electrons. The Balaban J connectivity index is 1.70. The molecule has 0 radical (unpaired) electrons. The van der Waals surface area contributed by atoms with Crippen LogP contribution in [0.15, 0.2) is 77.7 Å². The fraction of sp³-hybridized carbons (Fsp3) is 0.174. The molecular weight excluding hydrogens is 384 g/mol. The zero-order valence-corrected chi connectivity index (χ0v) is 17.5. The Morgan fingerprint density at radius 1 is 0.897 bits per heavy atom. The van der Waals surface area contributed by atoms with Crippen molar-refractivity contribution in [1.29, 1.82) is 0 Å². The lowest BCUT2D eigenvalue weighted by atomic mass is 9.99. The summed E-state index contributed by atoms with van der Waals surface area (Å²) in [7, 11) is -3.66. The average molecular weight is 409 g/mol. The van der Waals surface area contributed by atoms with Crippen molar-refractivity contribution in [2.24, 2.45) is 0 Å². The molecule has 1 atom stereocenters. The first-order valence-electron chi connectivity index (χ1n) is 9.32. The van der Waals surface area contributed by atoms with E-state index in [1.54, 1.807) is 42.5 Å². The van der Waals surface area contributed by atoms with Crippen LogP contribution in [-0.2, 0) is 10.0 Å². The summed E-state index contributed by atoms with van der Waals surface area (Å²) in [6.45, 7) is 5.99. The molecule has 0 heterocycles. The Morgan fingerprint density at radius 2 is 1.55 bits per heavy atom. The molecule has 5 nitrogen and oxygen atoms in total. The van der Waals surface area contributed by atoms with Crippen LogP contribution in [0.2, 0.25) is 0 Å². The van der Waals surface area contributed by atoms with Gasteiger partial charge in [0.2, 0.25) is 0 Å². The highest BCUT2D eigenvalue weighted by Crippen LogP contribution is 2.20. The fourth-order valence-corrected chi connectivity index (χ4v) is 4.17. The number of aryl methyl sites for hydroxylation is 2. The Hall–Kier alpha value is -3.12. The zero-order chi connectivity index (χ0) is 21.0. The van der Waals surface area contributed by atoms with Gasteiger partial charge in [0.05, 0.1) is 10.9 Å². The van der Waals surface area contributed by atoms with E-state index in [9.17, 15) is 13.2 Å². The molecule has 0 saturated heterocycles. The number of benzene rings is 3. The van der Waals surface area contributed by atoms with E-state index in [4.69, 9.17) is 0 Å². The van der Waals surface area contributed by atoms with E-state index in [0.29, 0.717) is 11.3 Å². The molecule has 0 fully saturated rings. The Kier molecular flexibility index (Phi) is 6.03. The molecule has 0 bridgehead atoms. The number of nitrogens with one attached hydrogen (secondary N) is 2. The minimum Gasteiger partial charge on any atom is -0.346 e. The molecule has 29 heavy (non-hydrogen) atoms. The van der Waals surface area contributed by atoms with Crippen molar-refractivity contribution < 1.29 is 13.2 Å². The standard InChI is InChI=1S/C23H24N2O3S/c1-16-9-10-17(2)22(15-16)18(3)24-23(26)19-11-13-20(14-12-19)25-29(27,28)21-7-5-4-6-8-21/h4-15,18,25H,1-3H3,(H,24,26)/t18-/m0/s1. The maximum Gasteiger partial charge on any atom is 0.261 e. The molecule has 3 aromatic rings. The molecule has 0 aromatic heterocycles. The Labute approximate surface area is 171 Å². The Bertz CT molecular complexity index is 1110. The Morgan fingerprint density at radius 3 is 2.21 bits per heavy atom. The summed E-state index contributed by atoms with van der Waals surface area (Å²) < 4.78 is 27.3. The minimum absolute atomic E-state index is 0.140. The van der Waals surface area contributed by atoms with Crippen LogP contribution in [0.1, 0.15) is 40.0 Å². The topological polar surface area (TPSA) is 75.3 Å². The van der Waals surface area contributed by atoms with Crippen LogP contribution in [-0.4, -0.2) is 14.3 Å². The van der Waals surface area contributed by atoms with Crippen LogP contribution in [0.5, 0.6) is 0 Å². The fourth-order valence-electron chi connectivity index (χ4n) is 3.09. The lowest BCUT2D eigenvalue weighted by Crippen LogP contribution is -2.27. The SMILES string of the molecule is Cc1ccc(C)c([C@H](C)NC(=O)c2ccc(NS(=O)(=O)c3ccccc3)cc2)c1. The molecule has 0 saturated carbocycles. The maximum atomic E-state index is 12.6. The van der Waals surface area contributed by atoms with Crippen molar-refractivity contribution in [2.45, 2.75) is 31.7 Å². The maximum absolute atomic E-state index is 12.6. The van der Waals surface area contributed by atoms with E-state index in [0.717, 1.165) is 16.7 Å². The van der Waals surface area contributed by atoms with Crippen molar-refractivity contribution in [3.05, 3.63) is 95.1 Å². The van der Waals surface area contributed by atoms with Gasteiger partial charge in [-0.25, -0.2) is 8.42 Å². The molecule has 0 unspecified atom stereocenters. The number of amides is 1. The normalized spacial score (nSPS) is 12.2. The van der Waals surface area contributed by atoms with Crippen LogP contribution in [0.4, 0.5) is 5.69 Å². The van der Waals surface area contributed by atoms with Crippen molar-refractivity contribution in [3.8, 4) is 0 Å². The number of rotatable bonds is 6. The molecular formula is C23H24N2O3S. The molecule has 0 spiro atoms. The number of hydrogen-bond acceptors (Lipinski definition) is 3. The van der Waals surface area contributed by atoms with Crippen LogP contribution in [0, 0.1) is 13.8 Å². The first-order chi connectivity index (χ1) is 13.8. The van der Waals surface area contributed by atoms with E-state index in [-0.39, 0.29) is 16.8 Å². The summed E-state index contributed by atoms with van der Waals surface area (Å²) in [5.41, 5.74) is 4.19. The van der Waals surface area contributed by atoms with Crippen molar-refractivity contribution >= 4 is 21.6 Å². The van der Waals surface area contributed by atoms with E-state index in [1.165, 1.54) is 12.1 Å². The van der Waals surface area contributed by atoms with Gasteiger partial charge in [-0.2, -0.15) is 0 Å². The van der Waals surface area contributed by atoms with Gasteiger partial charge >= 0.3 is 0 Å². The first kappa shape index (κ1) is 20.6. The summed E-state index contributed by atoms with van der Waals surface area (Å²) in [4.78, 5) is 12.8. The molecule has 3 rings (SSSR count). The summed E-state index contributed by atoms with van der Waals surface area (Å²) in [6, 6.07) is 20.5. The highest BCUT2D eigenvalue weighted by Gasteiger charge is 2.15. The van der Waals surface area contributed by atoms with E-state index in [2.05, 4.69) is 16.1 Å². The molecule has 0 aliphatic heterocycles. The van der Waals surface area contributed by atoms with Crippen LogP contribution in [0.3, 0.4) is 0 Å². The van der Waals surface area contributed by atoms with Gasteiger partial charge < -0.3 is 5.32 Å². The summed E-state index contributed by atoms with van der Waals surface area (Å²) in [5, 5.41) is 3.00. The monoisotopic (exact) mass is 408 g/mol. The third-order valence-electron chi connectivity index (χ3n) is 4.70. The second kappa shape index (κ2) is 8.49. The largest absolute Gasteiger partial charge is 0.346 e. The predicted molar refractivity (Wildman–Crippen MR) is 115 cm³/mol. The number of carbonyl (C=O) groups excluding carboxylic acids is 1. The highest BCUT2D eigenvalue weighted by atomic mass is 32.2. The van der Waals surface area contributed by atoms with Gasteiger partial charge in [-0.05, 0) is 68.3 Å². The summed E-state index contributed by atoms with van der Waals surface area (Å²) in [6.07, 6.45) is 0. The first-order valence-corrected chi connectivity index (χ1v) is 10.8. The number of anilines is 1. The number of sulfonamides is 1. The zero-order valence-electron chi connectivity index (χ0n) is 16.6. The van der Waals surface area contributed by atoms with Gasteiger partial charge in [0.15, 0.2) is 0 Å². The molecule has 3 aromatic carbocycles. The van der Waals surface area contributed by atoms with Crippen LogP contribution < -0.4 is 10.0 Å². The summed E-state index contributed by atoms with van der Waals surface area (Å²) in [5.74, 6) is -0.212. The molecule has 2 N–H and O–H groups in total. The number of carbonyl (C=O) groups is 1. The van der Waals surface area contributed by atoms with Crippen molar-refractivity contribution in [2.75, 3.05) is 4.72 Å². The lowest BCUT2D eigenvalue weighted by Gasteiger charge is -2.17.